The van der Waals surface area contributed by atoms with Crippen LogP contribution in [-0.2, 0) is 11.2 Å². The minimum absolute atomic E-state index is 0.255. The van der Waals surface area contributed by atoms with E-state index in [-0.39, 0.29) is 11.8 Å². The molecule has 0 atom stereocenters. The van der Waals surface area contributed by atoms with E-state index in [4.69, 9.17) is 0 Å². The van der Waals surface area contributed by atoms with Crippen LogP contribution in [0, 0.1) is 0 Å². The van der Waals surface area contributed by atoms with Crippen molar-refractivity contribution in [3.8, 4) is 11.4 Å². The molecule has 0 aliphatic carbocycles. The van der Waals surface area contributed by atoms with E-state index in [0.717, 1.165) is 5.56 Å². The second kappa shape index (κ2) is 7.84. The smallest absolute Gasteiger partial charge is 0.254 e. The Morgan fingerprint density at radius 2 is 2.00 bits per heavy atom. The number of carbonyl (C=O) groups excluding carboxylic acids is 2. The SMILES string of the molecule is C=CC(=O)NCCc1nc(-c2ccccc2)ncc1C(=O)NC. The van der Waals surface area contributed by atoms with E-state index in [9.17, 15) is 9.59 Å². The Kier molecular flexibility index (Phi) is 5.57. The highest BCUT2D eigenvalue weighted by Crippen LogP contribution is 2.16. The highest BCUT2D eigenvalue weighted by atomic mass is 16.2. The Bertz CT molecular complexity index is 714. The molecule has 0 aliphatic rings. The van der Waals surface area contributed by atoms with Crippen molar-refractivity contribution in [1.29, 1.82) is 0 Å². The second-order valence-electron chi connectivity index (χ2n) is 4.74. The van der Waals surface area contributed by atoms with Gasteiger partial charge >= 0.3 is 0 Å². The molecule has 1 heterocycles. The van der Waals surface area contributed by atoms with Crippen LogP contribution in [0.25, 0.3) is 11.4 Å². The lowest BCUT2D eigenvalue weighted by Gasteiger charge is -2.10. The Labute approximate surface area is 134 Å². The number of amides is 2. The number of hydrogen-bond acceptors (Lipinski definition) is 4. The molecule has 0 spiro atoms. The standard InChI is InChI=1S/C17H18N4O2/c1-3-15(22)19-10-9-14-13(17(23)18-2)11-20-16(21-14)12-7-5-4-6-8-12/h3-8,11H,1,9-10H2,2H3,(H,18,23)(H,19,22). The van der Waals surface area contributed by atoms with Crippen LogP contribution in [-0.4, -0.2) is 35.4 Å². The number of nitrogens with one attached hydrogen (secondary N) is 2. The molecular weight excluding hydrogens is 292 g/mol. The maximum absolute atomic E-state index is 11.9. The average molecular weight is 310 g/mol. The molecular formula is C17H18N4O2. The summed E-state index contributed by atoms with van der Waals surface area (Å²) in [5.74, 6) is 0.0294. The molecule has 2 N–H and O–H groups in total. The van der Waals surface area contributed by atoms with Crippen molar-refractivity contribution in [2.45, 2.75) is 6.42 Å². The highest BCUT2D eigenvalue weighted by Gasteiger charge is 2.14. The molecule has 23 heavy (non-hydrogen) atoms. The number of nitrogens with zero attached hydrogens (tertiary/aromatic N) is 2. The Hall–Kier alpha value is -3.02. The topological polar surface area (TPSA) is 84.0 Å². The fourth-order valence-electron chi connectivity index (χ4n) is 2.03. The van der Waals surface area contributed by atoms with Gasteiger partial charge in [0, 0.05) is 31.8 Å². The van der Waals surface area contributed by atoms with Gasteiger partial charge in [-0.25, -0.2) is 9.97 Å². The van der Waals surface area contributed by atoms with Gasteiger partial charge in [0.1, 0.15) is 0 Å². The molecule has 0 aliphatic heterocycles. The van der Waals surface area contributed by atoms with Gasteiger partial charge in [-0.2, -0.15) is 0 Å². The first kappa shape index (κ1) is 16.4. The van der Waals surface area contributed by atoms with Crippen molar-refractivity contribution in [2.24, 2.45) is 0 Å². The summed E-state index contributed by atoms with van der Waals surface area (Å²) < 4.78 is 0. The zero-order valence-corrected chi connectivity index (χ0v) is 12.9. The van der Waals surface area contributed by atoms with Crippen molar-refractivity contribution in [3.05, 3.63) is 60.4 Å². The highest BCUT2D eigenvalue weighted by molar-refractivity contribution is 5.95. The fourth-order valence-corrected chi connectivity index (χ4v) is 2.03. The zero-order valence-electron chi connectivity index (χ0n) is 12.9. The van der Waals surface area contributed by atoms with Crippen LogP contribution < -0.4 is 10.6 Å². The van der Waals surface area contributed by atoms with Crippen molar-refractivity contribution >= 4 is 11.8 Å². The molecule has 1 aromatic carbocycles. The Morgan fingerprint density at radius 3 is 2.65 bits per heavy atom. The van der Waals surface area contributed by atoms with Crippen molar-refractivity contribution in [3.63, 3.8) is 0 Å². The van der Waals surface area contributed by atoms with Crippen LogP contribution in [0.3, 0.4) is 0 Å². The lowest BCUT2D eigenvalue weighted by Crippen LogP contribution is -2.26. The predicted molar refractivity (Wildman–Crippen MR) is 87.8 cm³/mol. The summed E-state index contributed by atoms with van der Waals surface area (Å²) >= 11 is 0. The summed E-state index contributed by atoms with van der Waals surface area (Å²) in [6.45, 7) is 3.76. The number of hydrogen-bond donors (Lipinski definition) is 2. The largest absolute Gasteiger partial charge is 0.355 e. The van der Waals surface area contributed by atoms with Crippen molar-refractivity contribution in [1.82, 2.24) is 20.6 Å². The van der Waals surface area contributed by atoms with Gasteiger partial charge in [0.05, 0.1) is 11.3 Å². The van der Waals surface area contributed by atoms with E-state index >= 15 is 0 Å². The van der Waals surface area contributed by atoms with Crippen LogP contribution in [0.4, 0.5) is 0 Å². The summed E-state index contributed by atoms with van der Waals surface area (Å²) in [7, 11) is 1.55. The van der Waals surface area contributed by atoms with Gasteiger partial charge in [0.25, 0.3) is 5.91 Å². The number of rotatable bonds is 6. The van der Waals surface area contributed by atoms with Crippen molar-refractivity contribution in [2.75, 3.05) is 13.6 Å². The van der Waals surface area contributed by atoms with Gasteiger partial charge in [0.2, 0.25) is 5.91 Å². The van der Waals surface area contributed by atoms with Gasteiger partial charge in [-0.3, -0.25) is 9.59 Å². The minimum atomic E-state index is -0.260. The van der Waals surface area contributed by atoms with Crippen LogP contribution in [0.5, 0.6) is 0 Å². The quantitative estimate of drug-likeness (QED) is 0.789. The normalized spacial score (nSPS) is 9.96. The van der Waals surface area contributed by atoms with Crippen LogP contribution >= 0.6 is 0 Å². The summed E-state index contributed by atoms with van der Waals surface area (Å²) in [6, 6.07) is 9.51. The summed E-state index contributed by atoms with van der Waals surface area (Å²) in [5.41, 5.74) is 1.86. The minimum Gasteiger partial charge on any atom is -0.355 e. The molecule has 118 valence electrons. The third kappa shape index (κ3) is 4.23. The first-order valence-corrected chi connectivity index (χ1v) is 7.19. The zero-order chi connectivity index (χ0) is 16.7. The molecule has 6 nitrogen and oxygen atoms in total. The molecule has 2 aromatic rings. The van der Waals surface area contributed by atoms with E-state index in [1.807, 2.05) is 30.3 Å². The van der Waals surface area contributed by atoms with Crippen LogP contribution in [0.2, 0.25) is 0 Å². The van der Waals surface area contributed by atoms with Crippen LogP contribution in [0.1, 0.15) is 16.1 Å². The predicted octanol–water partition coefficient (Wildman–Crippen LogP) is 1.35. The lowest BCUT2D eigenvalue weighted by atomic mass is 10.1. The molecule has 6 heteroatoms. The molecule has 0 bridgehead atoms. The maximum atomic E-state index is 11.9. The van der Waals surface area contributed by atoms with Gasteiger partial charge in [0.15, 0.2) is 5.82 Å². The summed E-state index contributed by atoms with van der Waals surface area (Å²) in [6.07, 6.45) is 3.14. The lowest BCUT2D eigenvalue weighted by molar-refractivity contribution is -0.116. The van der Waals surface area contributed by atoms with Crippen molar-refractivity contribution < 1.29 is 9.59 Å². The van der Waals surface area contributed by atoms with E-state index < -0.39 is 0 Å². The number of aromatic nitrogens is 2. The number of carbonyl (C=O) groups is 2. The first-order valence-electron chi connectivity index (χ1n) is 7.19. The average Bonchev–Trinajstić information content (AvgIpc) is 2.61. The Balaban J connectivity index is 2.28. The molecule has 0 unspecified atom stereocenters. The first-order chi connectivity index (χ1) is 11.2. The second-order valence-corrected chi connectivity index (χ2v) is 4.74. The summed E-state index contributed by atoms with van der Waals surface area (Å²) in [4.78, 5) is 31.9. The molecule has 1 aromatic heterocycles. The van der Waals surface area contributed by atoms with Gasteiger partial charge in [-0.15, -0.1) is 0 Å². The van der Waals surface area contributed by atoms with Gasteiger partial charge in [-0.05, 0) is 6.08 Å². The monoisotopic (exact) mass is 310 g/mol. The molecule has 0 radical (unpaired) electrons. The molecule has 0 saturated heterocycles. The Morgan fingerprint density at radius 1 is 1.26 bits per heavy atom. The molecule has 0 saturated carbocycles. The third-order valence-corrected chi connectivity index (χ3v) is 3.22. The van der Waals surface area contributed by atoms with E-state index in [1.54, 1.807) is 7.05 Å². The maximum Gasteiger partial charge on any atom is 0.254 e. The van der Waals surface area contributed by atoms with E-state index in [1.165, 1.54) is 12.3 Å². The molecule has 0 fully saturated rings. The van der Waals surface area contributed by atoms with E-state index in [0.29, 0.717) is 30.0 Å². The molecule has 2 amide bonds. The van der Waals surface area contributed by atoms with E-state index in [2.05, 4.69) is 27.2 Å². The van der Waals surface area contributed by atoms with Gasteiger partial charge < -0.3 is 10.6 Å². The van der Waals surface area contributed by atoms with Gasteiger partial charge in [-0.1, -0.05) is 36.9 Å². The summed E-state index contributed by atoms with van der Waals surface area (Å²) in [5, 5.41) is 5.24. The number of benzene rings is 1. The van der Waals surface area contributed by atoms with Crippen LogP contribution in [0.15, 0.2) is 49.2 Å². The molecule has 2 rings (SSSR count). The third-order valence-electron chi connectivity index (χ3n) is 3.22. The fraction of sp³-hybridized carbons (Fsp3) is 0.176.